The minimum atomic E-state index is -0.886. The third-order valence-corrected chi connectivity index (χ3v) is 9.88. The summed E-state index contributed by atoms with van der Waals surface area (Å²) in [6, 6.07) is 4.78. The molecule has 0 spiro atoms. The lowest BCUT2D eigenvalue weighted by Gasteiger charge is -2.45. The number of fused-ring (bicyclic) bond motifs is 2. The van der Waals surface area contributed by atoms with Crippen molar-refractivity contribution in [1.82, 2.24) is 25.3 Å². The van der Waals surface area contributed by atoms with Gasteiger partial charge in [-0.3, -0.25) is 24.2 Å². The van der Waals surface area contributed by atoms with Crippen LogP contribution in [-0.4, -0.2) is 113 Å². The van der Waals surface area contributed by atoms with Crippen molar-refractivity contribution in [1.29, 1.82) is 0 Å². The molecule has 0 bridgehead atoms. The Kier molecular flexibility index (Phi) is 10.5. The van der Waals surface area contributed by atoms with Gasteiger partial charge in [0.05, 0.1) is 18.8 Å². The van der Waals surface area contributed by atoms with Crippen molar-refractivity contribution >= 4 is 23.8 Å². The van der Waals surface area contributed by atoms with E-state index in [1.807, 2.05) is 24.3 Å². The molecule has 1 aromatic rings. The molecule has 1 aliphatic carbocycles. The van der Waals surface area contributed by atoms with Gasteiger partial charge in [-0.1, -0.05) is 37.5 Å². The smallest absolute Gasteiger partial charge is 0.410 e. The molecule has 1 aromatic carbocycles. The van der Waals surface area contributed by atoms with Crippen molar-refractivity contribution in [3.05, 3.63) is 29.8 Å². The van der Waals surface area contributed by atoms with E-state index < -0.39 is 41.8 Å². The van der Waals surface area contributed by atoms with Crippen molar-refractivity contribution in [2.24, 2.45) is 5.92 Å². The maximum Gasteiger partial charge on any atom is 0.410 e. The number of ether oxygens (including phenoxy) is 2. The molecule has 0 unspecified atom stereocenters. The standard InChI is InChI=1S/C34H51N5O7/c1-21(37(5)33(44)46-34(2,3)4)30(41)36-29(22-11-7-6-8-12-22)32(43)39-18-23-17-24(40)19-38(23)20-27(39)31(42)35-26-15-16-45-28-14-10-9-13-25(26)28/h9-10,13-14,21-24,26-27,29,40H,6-8,11-12,15-20H2,1-5H3,(H,35,42)(H,36,41)/t21-,23+,24+,26+,27-,29-/m0/s1. The van der Waals surface area contributed by atoms with Gasteiger partial charge in [0.25, 0.3) is 0 Å². The number of hydrogen-bond acceptors (Lipinski definition) is 8. The predicted molar refractivity (Wildman–Crippen MR) is 171 cm³/mol. The number of nitrogens with one attached hydrogen (secondary N) is 2. The highest BCUT2D eigenvalue weighted by Crippen LogP contribution is 2.34. The molecule has 1 saturated carbocycles. The Morgan fingerprint density at radius 3 is 2.48 bits per heavy atom. The molecule has 2 saturated heterocycles. The van der Waals surface area contributed by atoms with Crippen LogP contribution < -0.4 is 15.4 Å². The molecule has 4 amide bonds. The van der Waals surface area contributed by atoms with Crippen molar-refractivity contribution in [2.45, 2.75) is 115 Å². The number of nitrogens with zero attached hydrogens (tertiary/aromatic N) is 3. The third-order valence-electron chi connectivity index (χ3n) is 9.88. The highest BCUT2D eigenvalue weighted by Gasteiger charge is 2.47. The van der Waals surface area contributed by atoms with E-state index in [1.165, 1.54) is 11.9 Å². The van der Waals surface area contributed by atoms with Gasteiger partial charge in [0.2, 0.25) is 17.7 Å². The number of carbonyl (C=O) groups excluding carboxylic acids is 4. The molecule has 12 nitrogen and oxygen atoms in total. The van der Waals surface area contributed by atoms with Crippen molar-refractivity contribution in [3.8, 4) is 5.75 Å². The number of rotatable bonds is 7. The van der Waals surface area contributed by atoms with E-state index in [1.54, 1.807) is 32.6 Å². The molecule has 3 aliphatic heterocycles. The summed E-state index contributed by atoms with van der Waals surface area (Å²) < 4.78 is 11.3. The van der Waals surface area contributed by atoms with Gasteiger partial charge in [-0.25, -0.2) is 4.79 Å². The van der Waals surface area contributed by atoms with E-state index in [4.69, 9.17) is 9.47 Å². The second kappa shape index (κ2) is 14.2. The fourth-order valence-corrected chi connectivity index (χ4v) is 7.24. The Bertz CT molecular complexity index is 1280. The fraction of sp³-hybridized carbons (Fsp3) is 0.706. The molecule has 5 rings (SSSR count). The van der Waals surface area contributed by atoms with E-state index in [-0.39, 0.29) is 36.4 Å². The summed E-state index contributed by atoms with van der Waals surface area (Å²) in [4.78, 5) is 60.1. The van der Waals surface area contributed by atoms with E-state index in [0.717, 1.165) is 43.4 Å². The number of piperazine rings is 1. The molecule has 3 N–H and O–H groups in total. The predicted octanol–water partition coefficient (Wildman–Crippen LogP) is 2.59. The van der Waals surface area contributed by atoms with Crippen LogP contribution in [0.25, 0.3) is 0 Å². The van der Waals surface area contributed by atoms with Gasteiger partial charge in [-0.2, -0.15) is 0 Å². The first-order valence-electron chi connectivity index (χ1n) is 16.8. The molecule has 0 radical (unpaired) electrons. The molecular formula is C34H51N5O7. The van der Waals surface area contributed by atoms with Crippen LogP contribution >= 0.6 is 0 Å². The Balaban J connectivity index is 1.38. The molecular weight excluding hydrogens is 590 g/mol. The average Bonchev–Trinajstić information content (AvgIpc) is 3.40. The largest absolute Gasteiger partial charge is 0.493 e. The zero-order chi connectivity index (χ0) is 33.2. The van der Waals surface area contributed by atoms with E-state index in [9.17, 15) is 24.3 Å². The van der Waals surface area contributed by atoms with Crippen molar-refractivity contribution < 1.29 is 33.8 Å². The highest BCUT2D eigenvalue weighted by molar-refractivity contribution is 5.94. The molecule has 6 atom stereocenters. The van der Waals surface area contributed by atoms with Crippen LogP contribution in [0, 0.1) is 5.92 Å². The molecule has 0 aromatic heterocycles. The summed E-state index contributed by atoms with van der Waals surface area (Å²) in [5, 5.41) is 16.7. The number of benzene rings is 1. The summed E-state index contributed by atoms with van der Waals surface area (Å²) in [5.41, 5.74) is 0.182. The van der Waals surface area contributed by atoms with Crippen LogP contribution in [0.15, 0.2) is 24.3 Å². The maximum atomic E-state index is 14.6. The lowest BCUT2D eigenvalue weighted by Crippen LogP contribution is -2.66. The van der Waals surface area contributed by atoms with Gasteiger partial charge in [-0.05, 0) is 58.9 Å². The van der Waals surface area contributed by atoms with Crippen molar-refractivity contribution in [2.75, 3.05) is 33.3 Å². The first kappa shape index (κ1) is 34.0. The molecule has 4 aliphatic rings. The van der Waals surface area contributed by atoms with Gasteiger partial charge in [0.15, 0.2) is 0 Å². The normalized spacial score (nSPS) is 26.5. The van der Waals surface area contributed by atoms with Crippen LogP contribution in [0.4, 0.5) is 4.79 Å². The summed E-state index contributed by atoms with van der Waals surface area (Å²) >= 11 is 0. The van der Waals surface area contributed by atoms with Gasteiger partial charge in [0.1, 0.15) is 29.5 Å². The zero-order valence-corrected chi connectivity index (χ0v) is 27.9. The number of para-hydroxylation sites is 1. The summed E-state index contributed by atoms with van der Waals surface area (Å²) in [6.45, 7) is 8.41. The van der Waals surface area contributed by atoms with E-state index >= 15 is 0 Å². The Morgan fingerprint density at radius 2 is 1.76 bits per heavy atom. The van der Waals surface area contributed by atoms with Crippen LogP contribution in [0.2, 0.25) is 0 Å². The summed E-state index contributed by atoms with van der Waals surface area (Å²) in [6.07, 6.45) is 4.51. The van der Waals surface area contributed by atoms with Gasteiger partial charge in [-0.15, -0.1) is 0 Å². The quantitative estimate of drug-likeness (QED) is 0.413. The van der Waals surface area contributed by atoms with Gasteiger partial charge >= 0.3 is 6.09 Å². The van der Waals surface area contributed by atoms with Gasteiger partial charge in [0, 0.05) is 44.7 Å². The molecule has 12 heteroatoms. The first-order chi connectivity index (χ1) is 21.8. The Labute approximate surface area is 272 Å². The molecule has 46 heavy (non-hydrogen) atoms. The van der Waals surface area contributed by atoms with Gasteiger partial charge < -0.3 is 30.1 Å². The van der Waals surface area contributed by atoms with Crippen LogP contribution in [0.3, 0.4) is 0 Å². The van der Waals surface area contributed by atoms with Crippen LogP contribution in [0.1, 0.15) is 84.2 Å². The monoisotopic (exact) mass is 641 g/mol. The number of hydrogen-bond donors (Lipinski definition) is 3. The summed E-state index contributed by atoms with van der Waals surface area (Å²) in [7, 11) is 1.51. The minimum Gasteiger partial charge on any atom is -0.493 e. The SMILES string of the molecule is C[C@@H](C(=O)N[C@H](C(=O)N1C[C@H]2C[C@@H](O)CN2C[C@H]1C(=O)N[C@@H]1CCOc2ccccc21)C1CCCCC1)N(C)C(=O)OC(C)(C)C. The second-order valence-corrected chi connectivity index (χ2v) is 14.4. The lowest BCUT2D eigenvalue weighted by atomic mass is 9.82. The van der Waals surface area contributed by atoms with Crippen LogP contribution in [-0.2, 0) is 19.1 Å². The third kappa shape index (κ3) is 7.76. The number of likely N-dealkylation sites (N-methyl/N-ethyl adjacent to an activating group) is 1. The first-order valence-corrected chi connectivity index (χ1v) is 16.8. The lowest BCUT2D eigenvalue weighted by molar-refractivity contribution is -0.150. The minimum absolute atomic E-state index is 0.0771. The topological polar surface area (TPSA) is 141 Å². The van der Waals surface area contributed by atoms with Crippen LogP contribution in [0.5, 0.6) is 5.75 Å². The van der Waals surface area contributed by atoms with E-state index in [2.05, 4.69) is 15.5 Å². The zero-order valence-electron chi connectivity index (χ0n) is 27.9. The number of aliphatic hydroxyl groups excluding tert-OH is 1. The maximum absolute atomic E-state index is 14.6. The Morgan fingerprint density at radius 1 is 1.04 bits per heavy atom. The summed E-state index contributed by atoms with van der Waals surface area (Å²) in [5.74, 6) is -0.360. The number of aliphatic hydroxyl groups is 1. The number of amides is 4. The molecule has 3 heterocycles. The average molecular weight is 642 g/mol. The Hall–Kier alpha value is -3.38. The van der Waals surface area contributed by atoms with E-state index in [0.29, 0.717) is 32.5 Å². The van der Waals surface area contributed by atoms with Crippen molar-refractivity contribution in [3.63, 3.8) is 0 Å². The number of carbonyl (C=O) groups is 4. The molecule has 3 fully saturated rings. The fourth-order valence-electron chi connectivity index (χ4n) is 7.24. The second-order valence-electron chi connectivity index (χ2n) is 14.4. The highest BCUT2D eigenvalue weighted by atomic mass is 16.6. The molecule has 254 valence electrons.